The zero-order valence-corrected chi connectivity index (χ0v) is 17.9. The van der Waals surface area contributed by atoms with E-state index in [2.05, 4.69) is 114 Å². The molecular formula is C32H19N. The SMILES string of the molecule is c1ccc2c(c1)-c1cccc3c(-c4cccc5c4[nH]c4c6ccccc6ccc54)ccc-2c13. The Morgan fingerprint density at radius 3 is 1.82 bits per heavy atom. The first-order chi connectivity index (χ1) is 16.4. The number of hydrogen-bond donors (Lipinski definition) is 1. The van der Waals surface area contributed by atoms with Crippen LogP contribution in [0.3, 0.4) is 0 Å². The molecular weight excluding hydrogens is 398 g/mol. The molecule has 33 heavy (non-hydrogen) atoms. The van der Waals surface area contributed by atoms with Crippen molar-refractivity contribution >= 4 is 43.4 Å². The van der Waals surface area contributed by atoms with Crippen molar-refractivity contribution in [2.75, 3.05) is 0 Å². The zero-order chi connectivity index (χ0) is 21.5. The molecule has 1 nitrogen and oxygen atoms in total. The molecule has 0 atom stereocenters. The van der Waals surface area contributed by atoms with Crippen molar-refractivity contribution in [3.8, 4) is 33.4 Å². The number of hydrogen-bond acceptors (Lipinski definition) is 0. The summed E-state index contributed by atoms with van der Waals surface area (Å²) >= 11 is 0. The van der Waals surface area contributed by atoms with Crippen LogP contribution in [0.25, 0.3) is 76.7 Å². The highest BCUT2D eigenvalue weighted by molar-refractivity contribution is 6.23. The van der Waals surface area contributed by atoms with Gasteiger partial charge in [-0.3, -0.25) is 0 Å². The molecule has 0 bridgehead atoms. The molecule has 1 aliphatic rings. The van der Waals surface area contributed by atoms with Gasteiger partial charge in [-0.2, -0.15) is 0 Å². The maximum absolute atomic E-state index is 3.81. The lowest BCUT2D eigenvalue weighted by Gasteiger charge is -2.11. The van der Waals surface area contributed by atoms with Crippen LogP contribution in [0.2, 0.25) is 0 Å². The van der Waals surface area contributed by atoms with E-state index in [-0.39, 0.29) is 0 Å². The Morgan fingerprint density at radius 2 is 0.939 bits per heavy atom. The normalized spacial score (nSPS) is 12.2. The maximum Gasteiger partial charge on any atom is 0.0544 e. The van der Waals surface area contributed by atoms with Crippen LogP contribution in [0.15, 0.2) is 109 Å². The number of aromatic amines is 1. The Morgan fingerprint density at radius 1 is 0.333 bits per heavy atom. The summed E-state index contributed by atoms with van der Waals surface area (Å²) in [7, 11) is 0. The van der Waals surface area contributed by atoms with Gasteiger partial charge in [0.2, 0.25) is 0 Å². The minimum absolute atomic E-state index is 1.21. The van der Waals surface area contributed by atoms with Crippen LogP contribution >= 0.6 is 0 Å². The number of rotatable bonds is 1. The second-order valence-electron chi connectivity index (χ2n) is 9.00. The van der Waals surface area contributed by atoms with Crippen molar-refractivity contribution in [2.45, 2.75) is 0 Å². The quantitative estimate of drug-likeness (QED) is 0.274. The largest absolute Gasteiger partial charge is 0.353 e. The van der Waals surface area contributed by atoms with Crippen molar-refractivity contribution in [1.82, 2.24) is 4.98 Å². The molecule has 7 aromatic rings. The monoisotopic (exact) mass is 417 g/mol. The highest BCUT2D eigenvalue weighted by atomic mass is 14.7. The van der Waals surface area contributed by atoms with E-state index in [1.165, 1.54) is 76.7 Å². The number of H-pyrrole nitrogens is 1. The fourth-order valence-corrected chi connectivity index (χ4v) is 5.93. The zero-order valence-electron chi connectivity index (χ0n) is 17.9. The predicted octanol–water partition coefficient (Wildman–Crippen LogP) is 8.94. The summed E-state index contributed by atoms with van der Waals surface area (Å²) in [4.78, 5) is 3.81. The van der Waals surface area contributed by atoms with Crippen molar-refractivity contribution in [3.63, 3.8) is 0 Å². The van der Waals surface area contributed by atoms with Crippen LogP contribution in [-0.2, 0) is 0 Å². The first-order valence-corrected chi connectivity index (χ1v) is 11.5. The molecule has 1 N–H and O–H groups in total. The molecule has 0 fully saturated rings. The van der Waals surface area contributed by atoms with E-state index in [4.69, 9.17) is 0 Å². The van der Waals surface area contributed by atoms with Gasteiger partial charge in [0, 0.05) is 21.7 Å². The van der Waals surface area contributed by atoms with E-state index in [0.717, 1.165) is 0 Å². The molecule has 1 aromatic heterocycles. The minimum Gasteiger partial charge on any atom is -0.353 e. The third-order valence-electron chi connectivity index (χ3n) is 7.37. The molecule has 0 amide bonds. The van der Waals surface area contributed by atoms with Gasteiger partial charge in [-0.1, -0.05) is 109 Å². The Bertz CT molecular complexity index is 1890. The minimum atomic E-state index is 1.21. The summed E-state index contributed by atoms with van der Waals surface area (Å²) < 4.78 is 0. The average Bonchev–Trinajstić information content (AvgIpc) is 3.42. The van der Waals surface area contributed by atoms with Crippen LogP contribution in [-0.4, -0.2) is 4.98 Å². The molecule has 0 radical (unpaired) electrons. The smallest absolute Gasteiger partial charge is 0.0544 e. The molecule has 1 aliphatic carbocycles. The van der Waals surface area contributed by atoms with E-state index < -0.39 is 0 Å². The average molecular weight is 418 g/mol. The lowest BCUT2D eigenvalue weighted by molar-refractivity contribution is 1.55. The number of nitrogens with one attached hydrogen (secondary N) is 1. The summed E-state index contributed by atoms with van der Waals surface area (Å²) in [6.07, 6.45) is 0. The summed E-state index contributed by atoms with van der Waals surface area (Å²) in [5, 5.41) is 7.78. The summed E-state index contributed by atoms with van der Waals surface area (Å²) in [5.41, 5.74) is 10.3. The van der Waals surface area contributed by atoms with Gasteiger partial charge in [-0.05, 0) is 44.0 Å². The molecule has 0 saturated heterocycles. The number of benzene rings is 6. The maximum atomic E-state index is 3.81. The number of aromatic nitrogens is 1. The van der Waals surface area contributed by atoms with Crippen LogP contribution in [0.5, 0.6) is 0 Å². The lowest BCUT2D eigenvalue weighted by atomic mass is 9.93. The third kappa shape index (κ3) is 2.16. The van der Waals surface area contributed by atoms with Gasteiger partial charge in [-0.25, -0.2) is 0 Å². The van der Waals surface area contributed by atoms with E-state index >= 15 is 0 Å². The lowest BCUT2D eigenvalue weighted by Crippen LogP contribution is -1.85. The fraction of sp³-hybridized carbons (Fsp3) is 0. The van der Waals surface area contributed by atoms with Crippen molar-refractivity contribution in [1.29, 1.82) is 0 Å². The molecule has 0 spiro atoms. The van der Waals surface area contributed by atoms with Gasteiger partial charge >= 0.3 is 0 Å². The van der Waals surface area contributed by atoms with Crippen LogP contribution in [0.4, 0.5) is 0 Å². The van der Waals surface area contributed by atoms with Gasteiger partial charge in [0.25, 0.3) is 0 Å². The predicted molar refractivity (Wildman–Crippen MR) is 141 cm³/mol. The van der Waals surface area contributed by atoms with Gasteiger partial charge in [0.1, 0.15) is 0 Å². The Hall–Kier alpha value is -4.36. The molecule has 0 saturated carbocycles. The molecule has 0 aliphatic heterocycles. The summed E-state index contributed by atoms with van der Waals surface area (Å²) in [6, 6.07) is 39.9. The first-order valence-electron chi connectivity index (χ1n) is 11.5. The standard InChI is InChI=1S/C32H19N/c1-2-8-20-19(7-1)15-16-29-28-14-6-13-27(32(28)33-31(20)29)23-17-18-26-22-10-4-3-9-21(22)24-11-5-12-25(23)30(24)26/h1-18,33H. The highest BCUT2D eigenvalue weighted by Gasteiger charge is 2.23. The topological polar surface area (TPSA) is 15.8 Å². The molecule has 8 rings (SSSR count). The third-order valence-corrected chi connectivity index (χ3v) is 7.37. The Labute approximate surface area is 190 Å². The van der Waals surface area contributed by atoms with E-state index in [0.29, 0.717) is 0 Å². The molecule has 1 heteroatoms. The van der Waals surface area contributed by atoms with Gasteiger partial charge < -0.3 is 4.98 Å². The summed E-state index contributed by atoms with van der Waals surface area (Å²) in [6.45, 7) is 0. The van der Waals surface area contributed by atoms with E-state index in [1.54, 1.807) is 0 Å². The fourth-order valence-electron chi connectivity index (χ4n) is 5.93. The highest BCUT2D eigenvalue weighted by Crippen LogP contribution is 2.49. The second kappa shape index (κ2) is 6.11. The van der Waals surface area contributed by atoms with Crippen molar-refractivity contribution < 1.29 is 0 Å². The van der Waals surface area contributed by atoms with E-state index in [1.807, 2.05) is 0 Å². The van der Waals surface area contributed by atoms with Gasteiger partial charge in [0.05, 0.1) is 11.0 Å². The Balaban J connectivity index is 1.48. The summed E-state index contributed by atoms with van der Waals surface area (Å²) in [5.74, 6) is 0. The van der Waals surface area contributed by atoms with Gasteiger partial charge in [0.15, 0.2) is 0 Å². The molecule has 152 valence electrons. The Kier molecular flexibility index (Phi) is 3.19. The number of para-hydroxylation sites is 1. The van der Waals surface area contributed by atoms with Crippen molar-refractivity contribution in [3.05, 3.63) is 109 Å². The van der Waals surface area contributed by atoms with Gasteiger partial charge in [-0.15, -0.1) is 0 Å². The molecule has 0 unspecified atom stereocenters. The van der Waals surface area contributed by atoms with E-state index in [9.17, 15) is 0 Å². The molecule has 6 aromatic carbocycles. The van der Waals surface area contributed by atoms with Crippen LogP contribution in [0, 0.1) is 0 Å². The number of fused-ring (bicyclic) bond motifs is 8. The second-order valence-corrected chi connectivity index (χ2v) is 9.00. The van der Waals surface area contributed by atoms with Crippen molar-refractivity contribution in [2.24, 2.45) is 0 Å². The first kappa shape index (κ1) is 17.2. The van der Waals surface area contributed by atoms with Crippen LogP contribution < -0.4 is 0 Å². The van der Waals surface area contributed by atoms with Crippen LogP contribution in [0.1, 0.15) is 0 Å². The molecule has 1 heterocycles.